The zero-order chi connectivity index (χ0) is 18.9. The van der Waals surface area contributed by atoms with Crippen LogP contribution >= 0.6 is 0 Å². The Labute approximate surface area is 152 Å². The average molecular weight is 381 g/mol. The molecule has 0 bridgehead atoms. The van der Waals surface area contributed by atoms with E-state index in [9.17, 15) is 23.1 Å². The van der Waals surface area contributed by atoms with E-state index in [2.05, 4.69) is 4.98 Å². The van der Waals surface area contributed by atoms with Crippen LogP contribution in [-0.4, -0.2) is 65.8 Å². The van der Waals surface area contributed by atoms with Crippen molar-refractivity contribution in [3.05, 3.63) is 24.5 Å². The number of rotatable bonds is 4. The highest BCUT2D eigenvalue weighted by molar-refractivity contribution is 7.89. The molecule has 142 valence electrons. The first-order valence-corrected chi connectivity index (χ1v) is 10.2. The summed E-state index contributed by atoms with van der Waals surface area (Å²) < 4.78 is 26.6. The molecule has 2 aliphatic heterocycles. The van der Waals surface area contributed by atoms with Crippen molar-refractivity contribution in [3.8, 4) is 0 Å². The monoisotopic (exact) mass is 381 g/mol. The molecule has 8 nitrogen and oxygen atoms in total. The molecule has 3 heterocycles. The van der Waals surface area contributed by atoms with E-state index >= 15 is 0 Å². The second kappa shape index (κ2) is 7.32. The Kier molecular flexibility index (Phi) is 5.29. The molecule has 0 spiro atoms. The summed E-state index contributed by atoms with van der Waals surface area (Å²) in [6.45, 7) is 3.08. The van der Waals surface area contributed by atoms with Crippen molar-refractivity contribution >= 4 is 21.9 Å². The molecule has 1 N–H and O–H groups in total. The first-order chi connectivity index (χ1) is 12.3. The van der Waals surface area contributed by atoms with E-state index in [-0.39, 0.29) is 42.3 Å². The number of amides is 1. The zero-order valence-electron chi connectivity index (χ0n) is 14.6. The summed E-state index contributed by atoms with van der Waals surface area (Å²) in [4.78, 5) is 29.6. The topological polar surface area (TPSA) is 108 Å². The molecule has 0 aliphatic carbocycles. The molecule has 26 heavy (non-hydrogen) atoms. The summed E-state index contributed by atoms with van der Waals surface area (Å²) in [6, 6.07) is 3.09. The zero-order valence-corrected chi connectivity index (χ0v) is 15.4. The molecule has 2 fully saturated rings. The Morgan fingerprint density at radius 1 is 1.23 bits per heavy atom. The van der Waals surface area contributed by atoms with Gasteiger partial charge in [0, 0.05) is 44.5 Å². The number of carboxylic acids is 1. The Bertz CT molecular complexity index is 775. The van der Waals surface area contributed by atoms with Crippen molar-refractivity contribution in [3.63, 3.8) is 0 Å². The van der Waals surface area contributed by atoms with Crippen molar-refractivity contribution in [2.75, 3.05) is 26.2 Å². The van der Waals surface area contributed by atoms with E-state index in [0.717, 1.165) is 0 Å². The average Bonchev–Trinajstić information content (AvgIpc) is 3.04. The van der Waals surface area contributed by atoms with Gasteiger partial charge in [0.1, 0.15) is 4.90 Å². The Hall–Kier alpha value is -2.00. The van der Waals surface area contributed by atoms with Gasteiger partial charge in [-0.3, -0.25) is 14.6 Å². The van der Waals surface area contributed by atoms with Crippen molar-refractivity contribution in [2.24, 2.45) is 17.8 Å². The van der Waals surface area contributed by atoms with Gasteiger partial charge in [0.15, 0.2) is 0 Å². The number of hydrogen-bond donors (Lipinski definition) is 1. The van der Waals surface area contributed by atoms with Crippen LogP contribution in [0, 0.1) is 17.8 Å². The van der Waals surface area contributed by atoms with Crippen LogP contribution in [0.1, 0.15) is 19.8 Å². The minimum atomic E-state index is -3.59. The van der Waals surface area contributed by atoms with Crippen molar-refractivity contribution < 1.29 is 23.1 Å². The number of likely N-dealkylation sites (tertiary alicyclic amines) is 1. The van der Waals surface area contributed by atoms with Crippen LogP contribution in [0.2, 0.25) is 0 Å². The van der Waals surface area contributed by atoms with Gasteiger partial charge in [-0.1, -0.05) is 6.92 Å². The standard InChI is InChI=1S/C17H23N3O5S/c1-12-10-19(11-15(12)17(22)23)16(21)13-4-7-20(8-5-13)26(24,25)14-3-2-6-18-9-14/h2-3,6,9,12-13,15H,4-5,7-8,10-11H2,1H3,(H,22,23)/t12-,15-/m1/s1. The summed E-state index contributed by atoms with van der Waals surface area (Å²) in [5.41, 5.74) is 0. The quantitative estimate of drug-likeness (QED) is 0.821. The maximum atomic E-state index is 12.7. The van der Waals surface area contributed by atoms with Gasteiger partial charge in [0.25, 0.3) is 0 Å². The first-order valence-electron chi connectivity index (χ1n) is 8.72. The van der Waals surface area contributed by atoms with Crippen LogP contribution in [0.25, 0.3) is 0 Å². The van der Waals surface area contributed by atoms with Gasteiger partial charge < -0.3 is 10.0 Å². The minimum Gasteiger partial charge on any atom is -0.481 e. The molecule has 0 aromatic carbocycles. The summed E-state index contributed by atoms with van der Waals surface area (Å²) in [7, 11) is -3.59. The fourth-order valence-corrected chi connectivity index (χ4v) is 5.15. The Morgan fingerprint density at radius 2 is 1.92 bits per heavy atom. The van der Waals surface area contributed by atoms with Gasteiger partial charge in [-0.2, -0.15) is 4.31 Å². The lowest BCUT2D eigenvalue weighted by atomic mass is 9.96. The van der Waals surface area contributed by atoms with E-state index in [0.29, 0.717) is 19.4 Å². The number of sulfonamides is 1. The molecule has 0 radical (unpaired) electrons. The second-order valence-electron chi connectivity index (χ2n) is 7.03. The fraction of sp³-hybridized carbons (Fsp3) is 0.588. The van der Waals surface area contributed by atoms with Crippen molar-refractivity contribution in [2.45, 2.75) is 24.7 Å². The summed E-state index contributed by atoms with van der Waals surface area (Å²) >= 11 is 0. The van der Waals surface area contributed by atoms with Crippen molar-refractivity contribution in [1.29, 1.82) is 0 Å². The normalized spacial score (nSPS) is 25.3. The number of hydrogen-bond acceptors (Lipinski definition) is 5. The second-order valence-corrected chi connectivity index (χ2v) is 8.97. The predicted molar refractivity (Wildman–Crippen MR) is 92.6 cm³/mol. The number of carboxylic acid groups (broad SMARTS) is 1. The number of pyridine rings is 1. The SMILES string of the molecule is C[C@@H]1CN(C(=O)C2CCN(S(=O)(=O)c3cccnc3)CC2)C[C@H]1C(=O)O. The van der Waals surface area contributed by atoms with E-state index in [1.807, 2.05) is 6.92 Å². The lowest BCUT2D eigenvalue weighted by molar-refractivity contribution is -0.142. The molecule has 1 amide bonds. The highest BCUT2D eigenvalue weighted by atomic mass is 32.2. The minimum absolute atomic E-state index is 0.0565. The van der Waals surface area contributed by atoms with Crippen LogP contribution in [0.4, 0.5) is 0 Å². The molecule has 3 rings (SSSR count). The van der Waals surface area contributed by atoms with Gasteiger partial charge in [0.2, 0.25) is 15.9 Å². The fourth-order valence-electron chi connectivity index (χ4n) is 3.72. The largest absolute Gasteiger partial charge is 0.481 e. The molecule has 2 atom stereocenters. The molecule has 0 saturated carbocycles. The molecule has 2 saturated heterocycles. The van der Waals surface area contributed by atoms with Crippen molar-refractivity contribution in [1.82, 2.24) is 14.2 Å². The first kappa shape index (κ1) is 18.8. The molecule has 2 aliphatic rings. The molecule has 0 unspecified atom stereocenters. The van der Waals surface area contributed by atoms with E-state index in [1.165, 1.54) is 22.8 Å². The van der Waals surface area contributed by atoms with E-state index < -0.39 is 21.9 Å². The number of aromatic nitrogens is 1. The third kappa shape index (κ3) is 3.59. The predicted octanol–water partition coefficient (Wildman–Crippen LogP) is 0.661. The van der Waals surface area contributed by atoms with Crippen LogP contribution in [0.15, 0.2) is 29.4 Å². The Morgan fingerprint density at radius 3 is 2.46 bits per heavy atom. The molecule has 1 aromatic rings. The summed E-state index contributed by atoms with van der Waals surface area (Å²) in [6.07, 6.45) is 3.73. The Balaban J connectivity index is 1.60. The van der Waals surface area contributed by atoms with Gasteiger partial charge in [-0.05, 0) is 30.9 Å². The number of carbonyl (C=O) groups excluding carboxylic acids is 1. The van der Waals surface area contributed by atoms with Crippen LogP contribution in [0.3, 0.4) is 0 Å². The third-order valence-electron chi connectivity index (χ3n) is 5.32. The maximum Gasteiger partial charge on any atom is 0.308 e. The summed E-state index contributed by atoms with van der Waals surface area (Å²) in [5, 5.41) is 9.21. The van der Waals surface area contributed by atoms with Gasteiger partial charge in [0.05, 0.1) is 5.92 Å². The molecule has 1 aromatic heterocycles. The smallest absolute Gasteiger partial charge is 0.308 e. The molecular formula is C17H23N3O5S. The highest BCUT2D eigenvalue weighted by Gasteiger charge is 2.40. The molecule has 9 heteroatoms. The number of piperidine rings is 1. The van der Waals surface area contributed by atoms with Gasteiger partial charge in [-0.15, -0.1) is 0 Å². The van der Waals surface area contributed by atoms with E-state index in [1.54, 1.807) is 11.0 Å². The van der Waals surface area contributed by atoms with Gasteiger partial charge >= 0.3 is 5.97 Å². The van der Waals surface area contributed by atoms with Crippen LogP contribution in [-0.2, 0) is 19.6 Å². The van der Waals surface area contributed by atoms with Gasteiger partial charge in [-0.25, -0.2) is 8.42 Å². The number of aliphatic carboxylic acids is 1. The number of carbonyl (C=O) groups is 2. The summed E-state index contributed by atoms with van der Waals surface area (Å²) in [5.74, 6) is -1.77. The van der Waals surface area contributed by atoms with E-state index in [4.69, 9.17) is 0 Å². The lowest BCUT2D eigenvalue weighted by Crippen LogP contribution is -2.44. The maximum absolute atomic E-state index is 12.7. The lowest BCUT2D eigenvalue weighted by Gasteiger charge is -2.32. The van der Waals surface area contributed by atoms with Crippen LogP contribution in [0.5, 0.6) is 0 Å². The van der Waals surface area contributed by atoms with Crippen LogP contribution < -0.4 is 0 Å². The molecular weight excluding hydrogens is 358 g/mol. The highest BCUT2D eigenvalue weighted by Crippen LogP contribution is 2.29. The third-order valence-corrected chi connectivity index (χ3v) is 7.20. The number of nitrogens with zero attached hydrogens (tertiary/aromatic N) is 3.